The van der Waals surface area contributed by atoms with Crippen LogP contribution in [0.25, 0.3) is 0 Å². The summed E-state index contributed by atoms with van der Waals surface area (Å²) in [5.41, 5.74) is 1.92. The van der Waals surface area contributed by atoms with Gasteiger partial charge in [0, 0.05) is 24.8 Å². The maximum absolute atomic E-state index is 8.78. The summed E-state index contributed by atoms with van der Waals surface area (Å²) in [6, 6.07) is 7.67. The molecule has 3 heteroatoms. The van der Waals surface area contributed by atoms with E-state index in [4.69, 9.17) is 10.2 Å². The molecule has 0 bridgehead atoms. The average Bonchev–Trinajstić information content (AvgIpc) is 2.49. The third kappa shape index (κ3) is 10.4. The second-order valence-corrected chi connectivity index (χ2v) is 3.86. The maximum atomic E-state index is 8.78. The van der Waals surface area contributed by atoms with Gasteiger partial charge >= 0.3 is 0 Å². The molecule has 2 N–H and O–H groups in total. The van der Waals surface area contributed by atoms with Crippen LogP contribution in [0.15, 0.2) is 24.3 Å². The fourth-order valence-corrected chi connectivity index (χ4v) is 1.22. The van der Waals surface area contributed by atoms with Crippen molar-refractivity contribution in [1.82, 2.24) is 0 Å². The molecular weight excluding hydrogens is 250 g/mol. The fourth-order valence-electron chi connectivity index (χ4n) is 1.22. The van der Waals surface area contributed by atoms with E-state index in [1.54, 1.807) is 0 Å². The molecule has 0 aromatic heterocycles. The van der Waals surface area contributed by atoms with Crippen LogP contribution in [-0.2, 0) is 0 Å². The minimum atomic E-state index is -0.119. The maximum Gasteiger partial charge on any atom is 0.104 e. The average molecular weight is 279 g/mol. The van der Waals surface area contributed by atoms with Gasteiger partial charge in [-0.15, -0.1) is 0 Å². The Morgan fingerprint density at radius 3 is 1.95 bits per heavy atom. The molecule has 20 heavy (non-hydrogen) atoms. The van der Waals surface area contributed by atoms with Gasteiger partial charge in [-0.25, -0.2) is 0 Å². The van der Waals surface area contributed by atoms with Crippen molar-refractivity contribution >= 4 is 5.69 Å². The van der Waals surface area contributed by atoms with Crippen LogP contribution in [-0.4, -0.2) is 37.0 Å². The quantitative estimate of drug-likeness (QED) is 0.836. The zero-order valence-electron chi connectivity index (χ0n) is 13.5. The van der Waals surface area contributed by atoms with Crippen molar-refractivity contribution in [2.24, 2.45) is 0 Å². The molecule has 0 saturated heterocycles. The molecule has 0 unspecified atom stereocenters. The van der Waals surface area contributed by atoms with Crippen molar-refractivity contribution in [3.05, 3.63) is 29.8 Å². The minimum Gasteiger partial charge on any atom is -0.395 e. The summed E-state index contributed by atoms with van der Waals surface area (Å²) in [5.74, 6) is 5.41. The first-order chi connectivity index (χ1) is 9.69. The third-order valence-electron chi connectivity index (χ3n) is 2.06. The molecule has 114 valence electrons. The Morgan fingerprint density at radius 1 is 1.05 bits per heavy atom. The van der Waals surface area contributed by atoms with Gasteiger partial charge in [0.25, 0.3) is 0 Å². The van der Waals surface area contributed by atoms with Gasteiger partial charge in [-0.1, -0.05) is 46.0 Å². The normalized spacial score (nSPS) is 8.15. The Balaban J connectivity index is 0. The predicted molar refractivity (Wildman–Crippen MR) is 88.1 cm³/mol. The second kappa shape index (κ2) is 15.6. The van der Waals surface area contributed by atoms with Crippen LogP contribution in [0.4, 0.5) is 5.69 Å². The Labute approximate surface area is 124 Å². The molecule has 1 rings (SSSR count). The van der Waals surface area contributed by atoms with Gasteiger partial charge in [0.15, 0.2) is 0 Å². The van der Waals surface area contributed by atoms with Crippen LogP contribution in [0.5, 0.6) is 0 Å². The van der Waals surface area contributed by atoms with Gasteiger partial charge in [0.05, 0.1) is 6.61 Å². The molecule has 0 saturated carbocycles. The van der Waals surface area contributed by atoms with E-state index in [9.17, 15) is 0 Å². The topological polar surface area (TPSA) is 43.7 Å². The van der Waals surface area contributed by atoms with Crippen molar-refractivity contribution in [3.8, 4) is 11.8 Å². The Kier molecular flexibility index (Phi) is 16.2. The molecule has 3 nitrogen and oxygen atoms in total. The predicted octanol–water partition coefficient (Wildman–Crippen LogP) is 2.90. The summed E-state index contributed by atoms with van der Waals surface area (Å²) < 4.78 is 0. The van der Waals surface area contributed by atoms with Crippen molar-refractivity contribution in [2.45, 2.75) is 34.1 Å². The van der Waals surface area contributed by atoms with E-state index in [1.807, 2.05) is 50.1 Å². The van der Waals surface area contributed by atoms with Crippen LogP contribution in [0.3, 0.4) is 0 Å². The summed E-state index contributed by atoms with van der Waals surface area (Å²) in [7, 11) is 1.92. The highest BCUT2D eigenvalue weighted by atomic mass is 16.3. The van der Waals surface area contributed by atoms with Gasteiger partial charge in [-0.05, 0) is 24.3 Å². The van der Waals surface area contributed by atoms with Crippen LogP contribution in [0.1, 0.15) is 39.7 Å². The summed E-state index contributed by atoms with van der Waals surface area (Å²) in [5, 5.41) is 17.3. The highest BCUT2D eigenvalue weighted by molar-refractivity contribution is 5.49. The number of likely N-dealkylation sites (N-methyl/N-ethyl adjacent to an activating group) is 1. The summed E-state index contributed by atoms with van der Waals surface area (Å²) in [6.45, 7) is 8.89. The molecule has 0 spiro atoms. The lowest BCUT2D eigenvalue weighted by atomic mass is 10.2. The first-order valence-electron chi connectivity index (χ1n) is 7.21. The van der Waals surface area contributed by atoms with Crippen molar-refractivity contribution in [1.29, 1.82) is 0 Å². The van der Waals surface area contributed by atoms with Gasteiger partial charge in [-0.2, -0.15) is 0 Å². The van der Waals surface area contributed by atoms with E-state index in [1.165, 1.54) is 6.42 Å². The molecule has 1 aromatic rings. The number of hydrogen-bond acceptors (Lipinski definition) is 3. The molecule has 0 radical (unpaired) electrons. The number of aliphatic hydroxyl groups is 2. The van der Waals surface area contributed by atoms with E-state index in [0.29, 0.717) is 6.54 Å². The summed E-state index contributed by atoms with van der Waals surface area (Å²) in [6.07, 6.45) is 1.25. The molecule has 0 aliphatic carbocycles. The number of nitrogens with zero attached hydrogens (tertiary/aromatic N) is 1. The Hall–Kier alpha value is -1.50. The van der Waals surface area contributed by atoms with Gasteiger partial charge < -0.3 is 15.1 Å². The van der Waals surface area contributed by atoms with Crippen LogP contribution in [0.2, 0.25) is 0 Å². The zero-order chi connectivity index (χ0) is 15.8. The van der Waals surface area contributed by atoms with Gasteiger partial charge in [0.1, 0.15) is 6.61 Å². The van der Waals surface area contributed by atoms with E-state index in [-0.39, 0.29) is 13.2 Å². The lowest BCUT2D eigenvalue weighted by Crippen LogP contribution is -2.20. The molecule has 0 aliphatic heterocycles. The van der Waals surface area contributed by atoms with E-state index in [0.717, 1.165) is 11.3 Å². The van der Waals surface area contributed by atoms with Gasteiger partial charge in [0.2, 0.25) is 0 Å². The Bertz CT molecular complexity index is 363. The number of rotatable bonds is 3. The number of hydrogen-bond donors (Lipinski definition) is 2. The summed E-state index contributed by atoms with van der Waals surface area (Å²) in [4.78, 5) is 1.96. The SMILES string of the molecule is CC.CCC.CN(CCO)c1ccc(C#CCO)cc1. The highest BCUT2D eigenvalue weighted by Crippen LogP contribution is 2.12. The first kappa shape index (κ1) is 20.8. The lowest BCUT2D eigenvalue weighted by molar-refractivity contribution is 0.304. The molecule has 0 fully saturated rings. The van der Waals surface area contributed by atoms with E-state index in [2.05, 4.69) is 25.7 Å². The number of anilines is 1. The smallest absolute Gasteiger partial charge is 0.104 e. The fraction of sp³-hybridized carbons (Fsp3) is 0.529. The summed E-state index contributed by atoms with van der Waals surface area (Å²) >= 11 is 0. The highest BCUT2D eigenvalue weighted by Gasteiger charge is 1.98. The molecular formula is C17H29NO2. The molecule has 1 aromatic carbocycles. The van der Waals surface area contributed by atoms with Crippen molar-refractivity contribution < 1.29 is 10.2 Å². The molecule has 0 aliphatic rings. The Morgan fingerprint density at radius 2 is 1.55 bits per heavy atom. The lowest BCUT2D eigenvalue weighted by Gasteiger charge is -2.17. The number of benzene rings is 1. The van der Waals surface area contributed by atoms with Crippen molar-refractivity contribution in [2.75, 3.05) is 31.7 Å². The monoisotopic (exact) mass is 279 g/mol. The zero-order valence-corrected chi connectivity index (χ0v) is 13.5. The molecule has 0 amide bonds. The van der Waals surface area contributed by atoms with E-state index < -0.39 is 0 Å². The minimum absolute atomic E-state index is 0.119. The van der Waals surface area contributed by atoms with Crippen LogP contribution < -0.4 is 4.90 Å². The van der Waals surface area contributed by atoms with E-state index >= 15 is 0 Å². The largest absolute Gasteiger partial charge is 0.395 e. The molecule has 0 heterocycles. The van der Waals surface area contributed by atoms with Crippen LogP contribution in [0, 0.1) is 11.8 Å². The van der Waals surface area contributed by atoms with Gasteiger partial charge in [-0.3, -0.25) is 0 Å². The number of aliphatic hydroxyl groups excluding tert-OH is 2. The third-order valence-corrected chi connectivity index (χ3v) is 2.06. The first-order valence-corrected chi connectivity index (χ1v) is 7.21. The van der Waals surface area contributed by atoms with Crippen molar-refractivity contribution in [3.63, 3.8) is 0 Å². The second-order valence-electron chi connectivity index (χ2n) is 3.86. The standard InChI is InChI=1S/C12H15NO2.C3H8.C2H6/c1-13(8-10-15)12-6-4-11(5-7-12)3-2-9-14;1-3-2;1-2/h4-7,14-15H,8-10H2,1H3;3H2,1-2H3;1-2H3. The van der Waals surface area contributed by atoms with Crippen LogP contribution >= 0.6 is 0 Å². The molecule has 0 atom stereocenters.